The van der Waals surface area contributed by atoms with Crippen LogP contribution in [0.2, 0.25) is 0 Å². The van der Waals surface area contributed by atoms with Crippen LogP contribution in [-0.2, 0) is 28.8 Å². The number of carbonyl (C=O) groups is 2. The van der Waals surface area contributed by atoms with Crippen molar-refractivity contribution < 1.29 is 41.9 Å². The highest BCUT2D eigenvalue weighted by atomic mass is 32.2. The fourth-order valence-electron chi connectivity index (χ4n) is 1.69. The Balaban J connectivity index is -0.000000446. The van der Waals surface area contributed by atoms with Crippen LogP contribution >= 0.6 is 0 Å². The third-order valence-corrected chi connectivity index (χ3v) is 5.05. The normalized spacial score (nSPS) is 13.0. The summed E-state index contributed by atoms with van der Waals surface area (Å²) in [4.78, 5) is 23.0. The van der Waals surface area contributed by atoms with Crippen LogP contribution in [0.4, 0.5) is 0 Å². The van der Waals surface area contributed by atoms with Crippen molar-refractivity contribution in [2.45, 2.75) is 73.8 Å². The van der Waals surface area contributed by atoms with Gasteiger partial charge in [0, 0.05) is 18.4 Å². The van der Waals surface area contributed by atoms with Gasteiger partial charge < -0.3 is 29.2 Å². The number of aliphatic hydroxyl groups is 1. The predicted octanol–water partition coefficient (Wildman–Crippen LogP) is 1.22. The van der Waals surface area contributed by atoms with Gasteiger partial charge in [-0.25, -0.2) is 8.42 Å². The minimum Gasteiger partial charge on any atom is -0.707 e. The molecule has 200 valence electrons. The van der Waals surface area contributed by atoms with Crippen molar-refractivity contribution in [2.75, 3.05) is 47.1 Å². The molecule has 0 saturated heterocycles. The molecule has 0 radical (unpaired) electrons. The summed E-state index contributed by atoms with van der Waals surface area (Å²) in [6.07, 6.45) is 2.76. The van der Waals surface area contributed by atoms with Crippen LogP contribution in [0.1, 0.15) is 67.7 Å². The van der Waals surface area contributed by atoms with Gasteiger partial charge in [0.2, 0.25) is 5.91 Å². The number of esters is 1. The lowest BCUT2D eigenvalue weighted by Gasteiger charge is -2.25. The monoisotopic (exact) mass is 500 g/mol. The van der Waals surface area contributed by atoms with Gasteiger partial charge in [-0.15, -0.1) is 0 Å². The maximum atomic E-state index is 11.7. The number of carbonyl (C=O) groups excluding carboxylic acids is 2. The van der Waals surface area contributed by atoms with Gasteiger partial charge in [-0.3, -0.25) is 9.59 Å². The predicted molar refractivity (Wildman–Crippen MR) is 127 cm³/mol. The molecule has 0 aromatic carbocycles. The van der Waals surface area contributed by atoms with Crippen LogP contribution in [-0.4, -0.2) is 83.1 Å². The van der Waals surface area contributed by atoms with Crippen LogP contribution in [0.5, 0.6) is 0 Å². The number of aliphatic hydroxyl groups excluding tert-OH is 1. The summed E-state index contributed by atoms with van der Waals surface area (Å²) in [5.74, 6) is -0.0719. The zero-order chi connectivity index (χ0) is 27.1. The van der Waals surface area contributed by atoms with E-state index in [0.29, 0.717) is 6.26 Å². The van der Waals surface area contributed by atoms with Gasteiger partial charge in [0.1, 0.15) is 6.61 Å². The van der Waals surface area contributed by atoms with Crippen molar-refractivity contribution >= 4 is 22.0 Å². The molecule has 10 nitrogen and oxygen atoms in total. The molecule has 1 atom stereocenters. The molecule has 0 aliphatic carbocycles. The molecule has 0 saturated carbocycles. The number of ether oxygens (including phenoxy) is 1. The summed E-state index contributed by atoms with van der Waals surface area (Å²) in [6.45, 7) is 15.2. The Hall–Kier alpha value is -1.27. The summed E-state index contributed by atoms with van der Waals surface area (Å²) in [7, 11) is 2.78. The molecule has 1 amide bonds. The first-order chi connectivity index (χ1) is 14.6. The molecule has 11 heteroatoms. The van der Waals surface area contributed by atoms with Gasteiger partial charge in [-0.1, -0.05) is 27.7 Å². The van der Waals surface area contributed by atoms with E-state index >= 15 is 0 Å². The third-order valence-electron chi connectivity index (χ3n) is 4.81. The number of hydrogen-bond donors (Lipinski definition) is 2. The molecule has 0 aliphatic rings. The Morgan fingerprint density at radius 3 is 1.79 bits per heavy atom. The molecule has 1 unspecified atom stereocenters. The van der Waals surface area contributed by atoms with E-state index in [1.165, 1.54) is 0 Å². The smallest absolute Gasteiger partial charge is 0.311 e. The molecular formula is C22H48N2O8S. The van der Waals surface area contributed by atoms with E-state index in [2.05, 4.69) is 30.8 Å². The van der Waals surface area contributed by atoms with Gasteiger partial charge in [0.25, 0.3) is 10.1 Å². The molecule has 0 spiro atoms. The van der Waals surface area contributed by atoms with Crippen LogP contribution in [0.3, 0.4) is 0 Å². The molecule has 0 rings (SSSR count). The lowest BCUT2D eigenvalue weighted by molar-refractivity contribution is -0.870. The zero-order valence-corrected chi connectivity index (χ0v) is 23.3. The zero-order valence-electron chi connectivity index (χ0n) is 22.5. The highest BCUT2D eigenvalue weighted by molar-refractivity contribution is 7.85. The average molecular weight is 501 g/mol. The second-order valence-electron chi connectivity index (χ2n) is 10.3. The van der Waals surface area contributed by atoms with E-state index < -0.39 is 21.6 Å². The van der Waals surface area contributed by atoms with E-state index in [4.69, 9.17) is 15.1 Å². The fourth-order valence-corrected chi connectivity index (χ4v) is 1.69. The first-order valence-corrected chi connectivity index (χ1v) is 12.9. The van der Waals surface area contributed by atoms with Crippen molar-refractivity contribution in [1.29, 1.82) is 0 Å². The topological polar surface area (TPSA) is 142 Å². The van der Waals surface area contributed by atoms with Crippen LogP contribution in [0.15, 0.2) is 0 Å². The molecule has 0 heterocycles. The Labute approximate surface area is 201 Å². The maximum Gasteiger partial charge on any atom is 0.311 e. The van der Waals surface area contributed by atoms with Crippen LogP contribution in [0, 0.1) is 10.8 Å². The van der Waals surface area contributed by atoms with Gasteiger partial charge in [-0.05, 0) is 33.6 Å². The number of rotatable bonds is 11. The van der Waals surface area contributed by atoms with Gasteiger partial charge in [-0.2, -0.15) is 0 Å². The third kappa shape index (κ3) is 23.7. The molecule has 2 N–H and O–H groups in total. The quantitative estimate of drug-likeness (QED) is 0.142. The molecule has 0 aliphatic heterocycles. The van der Waals surface area contributed by atoms with Crippen LogP contribution < -0.4 is 10.6 Å². The van der Waals surface area contributed by atoms with Gasteiger partial charge >= 0.3 is 5.97 Å². The number of quaternary nitrogens is 1. The average Bonchev–Trinajstić information content (AvgIpc) is 2.68. The molecule has 0 fully saturated rings. The van der Waals surface area contributed by atoms with Crippen molar-refractivity contribution in [2.24, 2.45) is 10.8 Å². The largest absolute Gasteiger partial charge is 0.707 e. The Morgan fingerprint density at radius 2 is 1.48 bits per heavy atom. The van der Waals surface area contributed by atoms with E-state index in [0.717, 1.165) is 36.8 Å². The molecule has 33 heavy (non-hydrogen) atoms. The highest BCUT2D eigenvalue weighted by Gasteiger charge is 2.27. The van der Waals surface area contributed by atoms with E-state index in [1.54, 1.807) is 6.92 Å². The van der Waals surface area contributed by atoms with E-state index in [9.17, 15) is 18.0 Å². The number of nitrogens with zero attached hydrogens (tertiary/aromatic N) is 1. The first kappa shape index (κ1) is 36.3. The SMILES string of the molecule is CCC(C)(C)C(=O)NCCC[N+](C)(C)C.CCC(C)(C)C(=O)OCC(C)O.CS(=O)(=O)O[O-]. The van der Waals surface area contributed by atoms with Crippen molar-refractivity contribution in [1.82, 2.24) is 5.32 Å². The van der Waals surface area contributed by atoms with E-state index in [-0.39, 0.29) is 23.9 Å². The minimum absolute atomic E-state index is 0.0856. The molecule has 0 aromatic heterocycles. The van der Waals surface area contributed by atoms with E-state index in [1.807, 2.05) is 41.5 Å². The summed E-state index contributed by atoms with van der Waals surface area (Å²) in [6, 6.07) is 0. The summed E-state index contributed by atoms with van der Waals surface area (Å²) < 4.78 is 27.4. The molecule has 0 bridgehead atoms. The second-order valence-corrected chi connectivity index (χ2v) is 11.9. The van der Waals surface area contributed by atoms with Crippen molar-refractivity contribution in [3.63, 3.8) is 0 Å². The lowest BCUT2D eigenvalue weighted by Crippen LogP contribution is -2.40. The number of nitrogens with one attached hydrogen (secondary N) is 1. The fraction of sp³-hybridized carbons (Fsp3) is 0.909. The molecular weight excluding hydrogens is 452 g/mol. The minimum atomic E-state index is -3.72. The Kier molecular flexibility index (Phi) is 18.0. The van der Waals surface area contributed by atoms with Gasteiger partial charge in [0.15, 0.2) is 0 Å². The summed E-state index contributed by atoms with van der Waals surface area (Å²) in [5, 5.41) is 20.7. The standard InChI is InChI=1S/C12H26N2O.C9H18O3.CH4O4S/c1-7-12(2,3)11(15)13-9-8-10-14(4,5)6;1-5-9(3,4)8(11)12-6-7(2)10;1-6(3,4)5-2/h7-10H2,1-6H3;7,10H,5-6H2,1-4H3;2H,1H3. The molecule has 0 aromatic rings. The Morgan fingerprint density at radius 1 is 1.06 bits per heavy atom. The summed E-state index contributed by atoms with van der Waals surface area (Å²) >= 11 is 0. The lowest BCUT2D eigenvalue weighted by atomic mass is 9.89. The second kappa shape index (κ2) is 16.4. The number of amides is 1. The first-order valence-electron chi connectivity index (χ1n) is 11.1. The summed E-state index contributed by atoms with van der Waals surface area (Å²) in [5.41, 5.74) is -0.661. The van der Waals surface area contributed by atoms with Crippen molar-refractivity contribution in [3.8, 4) is 0 Å². The van der Waals surface area contributed by atoms with Gasteiger partial charge in [0.05, 0.1) is 45.5 Å². The van der Waals surface area contributed by atoms with Crippen molar-refractivity contribution in [3.05, 3.63) is 0 Å². The Bertz CT molecular complexity index is 654. The maximum absolute atomic E-state index is 11.7. The highest BCUT2D eigenvalue weighted by Crippen LogP contribution is 2.21. The van der Waals surface area contributed by atoms with Crippen LogP contribution in [0.25, 0.3) is 0 Å². The number of hydrogen-bond acceptors (Lipinski definition) is 8.